The molecule has 0 atom stereocenters. The molecule has 52 valence electrons. The van der Waals surface area contributed by atoms with Crippen LogP contribution in [0.2, 0.25) is 0 Å². The third-order valence-electron chi connectivity index (χ3n) is 0.313. The molecule has 0 rings (SSSR count). The molecule has 0 aromatic carbocycles. The molecular formula is C4H9N3O2. The number of nitrogens with zero attached hydrogens (tertiary/aromatic N) is 1. The average Bonchev–Trinajstić information content (AvgIpc) is 1.68. The van der Waals surface area contributed by atoms with Crippen LogP contribution >= 0.6 is 0 Å². The Morgan fingerprint density at radius 1 is 1.67 bits per heavy atom. The van der Waals surface area contributed by atoms with E-state index in [1.807, 2.05) is 0 Å². The third-order valence-corrected chi connectivity index (χ3v) is 0.313. The minimum Gasteiger partial charge on any atom is -0.347 e. The Morgan fingerprint density at radius 2 is 2.11 bits per heavy atom. The Bertz CT molecular complexity index is 126. The molecule has 9 heavy (non-hydrogen) atoms. The molecule has 0 radical (unpaired) electrons. The van der Waals surface area contributed by atoms with Crippen LogP contribution in [0, 0.1) is 11.5 Å². The minimum absolute atomic E-state index is 0. The summed E-state index contributed by atoms with van der Waals surface area (Å²) in [6, 6.07) is 0. The van der Waals surface area contributed by atoms with E-state index in [0.717, 1.165) is 6.08 Å². The zero-order valence-corrected chi connectivity index (χ0v) is 4.96. The van der Waals surface area contributed by atoms with Crippen LogP contribution in [0.4, 0.5) is 0 Å². The first-order chi connectivity index (χ1) is 3.31. The van der Waals surface area contributed by atoms with Crippen molar-refractivity contribution in [2.45, 2.75) is 0 Å². The summed E-state index contributed by atoms with van der Waals surface area (Å²) in [6.45, 7) is 3.05. The molecule has 0 aliphatic heterocycles. The summed E-state index contributed by atoms with van der Waals surface area (Å²) in [5.41, 5.74) is 0. The maximum Gasteiger partial charge on any atom is 0.345 e. The molecule has 0 aliphatic carbocycles. The summed E-state index contributed by atoms with van der Waals surface area (Å²) >= 11 is 0. The topological polar surface area (TPSA) is 120 Å². The van der Waals surface area contributed by atoms with Crippen molar-refractivity contribution in [2.75, 3.05) is 0 Å². The van der Waals surface area contributed by atoms with Gasteiger partial charge in [-0.3, -0.25) is 0 Å². The first-order valence-corrected chi connectivity index (χ1v) is 1.53. The number of esters is 1. The summed E-state index contributed by atoms with van der Waals surface area (Å²) in [6.07, 6.45) is 2.12. The smallest absolute Gasteiger partial charge is 0.345 e. The Balaban J connectivity index is -0.000000180. The molecule has 0 fully saturated rings. The first kappa shape index (κ1) is 15.6. The Labute approximate surface area is 53.1 Å². The molecule has 0 aliphatic rings. The fraction of sp³-hybridized carbons (Fsp3) is 0. The third kappa shape index (κ3) is 10.8. The van der Waals surface area contributed by atoms with Gasteiger partial charge in [-0.25, -0.2) is 4.79 Å². The van der Waals surface area contributed by atoms with Gasteiger partial charge in [-0.1, -0.05) is 6.58 Å². The molecule has 0 aromatic heterocycles. The number of rotatable bonds is 1. The predicted octanol–water partition coefficient (Wildman–Crippen LogP) is 0.521. The van der Waals surface area contributed by atoms with Crippen molar-refractivity contribution < 1.29 is 9.53 Å². The van der Waals surface area contributed by atoms with E-state index in [1.54, 1.807) is 0 Å². The second-order valence-electron chi connectivity index (χ2n) is 0.717. The van der Waals surface area contributed by atoms with Crippen LogP contribution in [0.25, 0.3) is 0 Å². The van der Waals surface area contributed by atoms with Crippen LogP contribution in [-0.2, 0) is 9.53 Å². The number of hydrogen-bond donors (Lipinski definition) is 2. The standard InChI is InChI=1S/C4H3NO2.2H3N/c1-2-4(6)7-3-5;;/h2H,1H2;2*1H3. The van der Waals surface area contributed by atoms with Gasteiger partial charge in [-0.05, 0) is 0 Å². The lowest BCUT2D eigenvalue weighted by Gasteiger charge is -1.77. The molecule has 0 saturated carbocycles. The van der Waals surface area contributed by atoms with Crippen molar-refractivity contribution in [1.29, 1.82) is 5.26 Å². The van der Waals surface area contributed by atoms with Gasteiger partial charge in [0.05, 0.1) is 0 Å². The van der Waals surface area contributed by atoms with E-state index >= 15 is 0 Å². The highest BCUT2D eigenvalue weighted by Gasteiger charge is 1.87. The van der Waals surface area contributed by atoms with E-state index in [1.165, 1.54) is 6.26 Å². The average molecular weight is 131 g/mol. The molecule has 0 amide bonds. The number of carbonyl (C=O) groups is 1. The molecule has 0 bridgehead atoms. The fourth-order valence-corrected chi connectivity index (χ4v) is 0.0867. The lowest BCUT2D eigenvalue weighted by Crippen LogP contribution is -1.91. The van der Waals surface area contributed by atoms with Crippen molar-refractivity contribution in [1.82, 2.24) is 12.3 Å². The Hall–Kier alpha value is -1.38. The zero-order chi connectivity index (χ0) is 5.70. The molecule has 0 aromatic rings. The van der Waals surface area contributed by atoms with E-state index in [-0.39, 0.29) is 12.3 Å². The predicted molar refractivity (Wildman–Crippen MR) is 31.9 cm³/mol. The molecule has 0 unspecified atom stereocenters. The van der Waals surface area contributed by atoms with Gasteiger partial charge in [-0.15, -0.1) is 5.26 Å². The number of carbonyl (C=O) groups excluding carboxylic acids is 1. The second-order valence-corrected chi connectivity index (χ2v) is 0.717. The van der Waals surface area contributed by atoms with Gasteiger partial charge in [0.2, 0.25) is 0 Å². The van der Waals surface area contributed by atoms with Crippen molar-refractivity contribution in [3.05, 3.63) is 12.7 Å². The zero-order valence-electron chi connectivity index (χ0n) is 4.96. The van der Waals surface area contributed by atoms with E-state index in [2.05, 4.69) is 11.3 Å². The summed E-state index contributed by atoms with van der Waals surface area (Å²) in [7, 11) is 0. The fourth-order valence-electron chi connectivity index (χ4n) is 0.0867. The van der Waals surface area contributed by atoms with E-state index in [4.69, 9.17) is 5.26 Å². The SMILES string of the molecule is C=CC(=O)OC#N.N.N. The minimum atomic E-state index is -0.720. The van der Waals surface area contributed by atoms with E-state index in [0.29, 0.717) is 0 Å². The van der Waals surface area contributed by atoms with Crippen LogP contribution in [0.1, 0.15) is 0 Å². The van der Waals surface area contributed by atoms with E-state index < -0.39 is 5.97 Å². The Kier molecular flexibility index (Phi) is 17.0. The molecule has 5 nitrogen and oxygen atoms in total. The van der Waals surface area contributed by atoms with Crippen LogP contribution < -0.4 is 12.3 Å². The number of hydrogen-bond acceptors (Lipinski definition) is 5. The van der Waals surface area contributed by atoms with Crippen molar-refractivity contribution in [3.63, 3.8) is 0 Å². The van der Waals surface area contributed by atoms with Crippen molar-refractivity contribution in [3.8, 4) is 6.26 Å². The first-order valence-electron chi connectivity index (χ1n) is 1.53. The van der Waals surface area contributed by atoms with Crippen LogP contribution in [0.5, 0.6) is 0 Å². The highest BCUT2D eigenvalue weighted by atomic mass is 16.5. The van der Waals surface area contributed by atoms with Crippen molar-refractivity contribution >= 4 is 5.97 Å². The van der Waals surface area contributed by atoms with Crippen molar-refractivity contribution in [2.24, 2.45) is 0 Å². The maximum absolute atomic E-state index is 9.85. The van der Waals surface area contributed by atoms with Gasteiger partial charge in [-0.2, -0.15) is 0 Å². The second kappa shape index (κ2) is 9.80. The monoisotopic (exact) mass is 131 g/mol. The van der Waals surface area contributed by atoms with Gasteiger partial charge in [0.25, 0.3) is 6.26 Å². The van der Waals surface area contributed by atoms with Gasteiger partial charge in [0.15, 0.2) is 0 Å². The van der Waals surface area contributed by atoms with Crippen LogP contribution in [-0.4, -0.2) is 5.97 Å². The summed E-state index contributed by atoms with van der Waals surface area (Å²) < 4.78 is 3.74. The maximum atomic E-state index is 9.85. The lowest BCUT2D eigenvalue weighted by molar-refractivity contribution is -0.131. The highest BCUT2D eigenvalue weighted by molar-refractivity contribution is 5.81. The molecule has 0 saturated heterocycles. The summed E-state index contributed by atoms with van der Waals surface area (Å²) in [4.78, 5) is 9.85. The largest absolute Gasteiger partial charge is 0.347 e. The molecule has 6 N–H and O–H groups in total. The number of nitriles is 1. The van der Waals surface area contributed by atoms with Gasteiger partial charge in [0, 0.05) is 6.08 Å². The normalized spacial score (nSPS) is 4.78. The van der Waals surface area contributed by atoms with Crippen LogP contribution in [0.15, 0.2) is 12.7 Å². The highest BCUT2D eigenvalue weighted by Crippen LogP contribution is 1.71. The van der Waals surface area contributed by atoms with E-state index in [9.17, 15) is 4.79 Å². The quantitative estimate of drug-likeness (QED) is 0.305. The van der Waals surface area contributed by atoms with Crippen LogP contribution in [0.3, 0.4) is 0 Å². The summed E-state index contributed by atoms with van der Waals surface area (Å²) in [5.74, 6) is -0.720. The molecular weight excluding hydrogens is 122 g/mol. The summed E-state index contributed by atoms with van der Waals surface area (Å²) in [5, 5.41) is 7.63. The molecule has 5 heteroatoms. The molecule has 0 heterocycles. The Morgan fingerprint density at radius 3 is 2.22 bits per heavy atom. The van der Waals surface area contributed by atoms with Gasteiger partial charge in [0.1, 0.15) is 0 Å². The lowest BCUT2D eigenvalue weighted by atomic mass is 10.7. The number of ether oxygens (including phenoxy) is 1. The van der Waals surface area contributed by atoms with Gasteiger partial charge >= 0.3 is 5.97 Å². The van der Waals surface area contributed by atoms with Gasteiger partial charge < -0.3 is 17.0 Å². The molecule has 0 spiro atoms.